The Bertz CT molecular complexity index is 1190. The van der Waals surface area contributed by atoms with Crippen molar-refractivity contribution >= 4 is 23.0 Å². The van der Waals surface area contributed by atoms with Crippen molar-refractivity contribution in [2.75, 3.05) is 10.6 Å². The van der Waals surface area contributed by atoms with Crippen LogP contribution in [0.15, 0.2) is 48.5 Å². The lowest BCUT2D eigenvalue weighted by molar-refractivity contribution is -0.107. The zero-order valence-electron chi connectivity index (χ0n) is 17.6. The van der Waals surface area contributed by atoms with E-state index in [0.29, 0.717) is 40.0 Å². The minimum atomic E-state index is -2.77. The number of carbonyl (C=O) groups excluding carboxylic acids is 1. The maximum atomic E-state index is 14.8. The number of nitrogens with zero attached hydrogens (tertiary/aromatic N) is 1. The second-order valence-electron chi connectivity index (χ2n) is 7.77. The van der Waals surface area contributed by atoms with Crippen LogP contribution in [0, 0.1) is 13.8 Å². The van der Waals surface area contributed by atoms with Crippen molar-refractivity contribution < 1.29 is 17.8 Å². The van der Waals surface area contributed by atoms with Crippen molar-refractivity contribution in [3.63, 3.8) is 0 Å². The van der Waals surface area contributed by atoms with Gasteiger partial charge in [0.2, 0.25) is 0 Å². The summed E-state index contributed by atoms with van der Waals surface area (Å²) in [5.74, 6) is 0. The molecule has 0 saturated carbocycles. The molecule has 4 rings (SSSR count). The Hall–Kier alpha value is -2.86. The monoisotopic (exact) mass is 439 g/mol. The topological polar surface area (TPSA) is 37.4 Å². The first kappa shape index (κ1) is 21.4. The summed E-state index contributed by atoms with van der Waals surface area (Å²) >= 11 is 0. The molecule has 1 atom stereocenters. The highest BCUT2D eigenvalue weighted by Gasteiger charge is 2.34. The van der Waals surface area contributed by atoms with Crippen LogP contribution in [0.4, 0.5) is 14.5 Å². The average Bonchev–Trinajstić information content (AvgIpc) is 2.75. The predicted molar refractivity (Wildman–Crippen MR) is 122 cm³/mol. The zero-order valence-corrected chi connectivity index (χ0v) is 18.4. The number of fused-ring (bicyclic) bond motifs is 3. The Morgan fingerprint density at radius 3 is 2.35 bits per heavy atom. The van der Waals surface area contributed by atoms with E-state index in [9.17, 15) is 17.8 Å². The number of hydrogen-bond acceptors (Lipinski definition) is 2. The fourth-order valence-corrected chi connectivity index (χ4v) is 5.29. The molecule has 0 fully saturated rings. The summed E-state index contributed by atoms with van der Waals surface area (Å²) in [6, 6.07) is 14.8. The molecule has 160 valence electrons. The quantitative estimate of drug-likeness (QED) is 0.462. The maximum Gasteiger partial charge on any atom is 0.265 e. The van der Waals surface area contributed by atoms with Gasteiger partial charge in [0.25, 0.3) is 6.43 Å². The van der Waals surface area contributed by atoms with Gasteiger partial charge in [-0.05, 0) is 47.2 Å². The van der Waals surface area contributed by atoms with E-state index >= 15 is 0 Å². The van der Waals surface area contributed by atoms with Gasteiger partial charge in [-0.15, -0.1) is 0 Å². The van der Waals surface area contributed by atoms with Crippen LogP contribution in [0.2, 0.25) is 0 Å². The Labute approximate surface area is 183 Å². The number of alkyl halides is 2. The molecule has 0 radical (unpaired) electrons. The SMILES string of the molecule is Cc1ccc(-c2c(CC=O)c(C)c3c(c2C(F)F)-c2ccccc2CN3S(C)=O)cc1. The summed E-state index contributed by atoms with van der Waals surface area (Å²) < 4.78 is 43.8. The molecule has 3 aromatic carbocycles. The molecule has 1 aliphatic heterocycles. The van der Waals surface area contributed by atoms with E-state index < -0.39 is 17.4 Å². The van der Waals surface area contributed by atoms with E-state index in [1.807, 2.05) is 62.4 Å². The normalized spacial score (nSPS) is 13.7. The first-order chi connectivity index (χ1) is 14.8. The van der Waals surface area contributed by atoms with Crippen LogP contribution in [-0.2, 0) is 28.7 Å². The van der Waals surface area contributed by atoms with Crippen LogP contribution in [0.1, 0.15) is 34.2 Å². The van der Waals surface area contributed by atoms with Crippen molar-refractivity contribution in [3.05, 3.63) is 76.3 Å². The lowest BCUT2D eigenvalue weighted by atomic mass is 9.80. The highest BCUT2D eigenvalue weighted by molar-refractivity contribution is 7.85. The van der Waals surface area contributed by atoms with E-state index in [-0.39, 0.29) is 12.0 Å². The van der Waals surface area contributed by atoms with Gasteiger partial charge >= 0.3 is 0 Å². The summed E-state index contributed by atoms with van der Waals surface area (Å²) in [6.45, 7) is 4.13. The molecular weight excluding hydrogens is 416 g/mol. The Balaban J connectivity index is 2.20. The molecule has 0 N–H and O–H groups in total. The van der Waals surface area contributed by atoms with Gasteiger partial charge in [0, 0.05) is 23.8 Å². The van der Waals surface area contributed by atoms with Gasteiger partial charge in [-0.25, -0.2) is 13.0 Å². The first-order valence-electron chi connectivity index (χ1n) is 10.0. The zero-order chi connectivity index (χ0) is 22.3. The van der Waals surface area contributed by atoms with Crippen LogP contribution in [0.25, 0.3) is 22.3 Å². The molecule has 1 unspecified atom stereocenters. The molecule has 0 amide bonds. The van der Waals surface area contributed by atoms with E-state index in [4.69, 9.17) is 0 Å². The standard InChI is InChI=1S/C25H23F2NO2S/c1-15-8-10-17(11-9-15)21-19(12-13-29)16(2)24-22(23(21)25(26)27)20-7-5-4-6-18(20)14-28(24)31(3)30/h4-11,13,25H,12,14H2,1-3H3. The van der Waals surface area contributed by atoms with E-state index in [1.165, 1.54) is 0 Å². The fraction of sp³-hybridized carbons (Fsp3) is 0.240. The lowest BCUT2D eigenvalue weighted by Crippen LogP contribution is -2.30. The third-order valence-corrected chi connectivity index (χ3v) is 6.82. The average molecular weight is 440 g/mol. The van der Waals surface area contributed by atoms with Gasteiger partial charge < -0.3 is 4.79 Å². The molecule has 6 heteroatoms. The number of aryl methyl sites for hydroxylation is 1. The number of benzene rings is 3. The molecule has 31 heavy (non-hydrogen) atoms. The third-order valence-electron chi connectivity index (χ3n) is 5.89. The van der Waals surface area contributed by atoms with Gasteiger partial charge in [-0.1, -0.05) is 54.1 Å². The Morgan fingerprint density at radius 2 is 1.74 bits per heavy atom. The van der Waals surface area contributed by atoms with Crippen LogP contribution < -0.4 is 4.31 Å². The predicted octanol–water partition coefficient (Wildman–Crippen LogP) is 5.93. The Kier molecular flexibility index (Phi) is 5.75. The van der Waals surface area contributed by atoms with Crippen molar-refractivity contribution in [2.24, 2.45) is 0 Å². The molecule has 0 spiro atoms. The number of halogens is 2. The molecular formula is C25H23F2NO2S. The van der Waals surface area contributed by atoms with Gasteiger partial charge in [0.15, 0.2) is 0 Å². The first-order valence-corrected chi connectivity index (χ1v) is 11.5. The van der Waals surface area contributed by atoms with Crippen LogP contribution in [0.5, 0.6) is 0 Å². The van der Waals surface area contributed by atoms with Gasteiger partial charge in [0.05, 0.1) is 12.2 Å². The number of rotatable bonds is 5. The molecule has 0 aliphatic carbocycles. The van der Waals surface area contributed by atoms with Crippen molar-refractivity contribution in [2.45, 2.75) is 33.2 Å². The second kappa shape index (κ2) is 8.35. The second-order valence-corrected chi connectivity index (χ2v) is 9.06. The summed E-state index contributed by atoms with van der Waals surface area (Å²) in [5, 5.41) is 0. The molecule has 0 saturated heterocycles. The molecule has 1 heterocycles. The van der Waals surface area contributed by atoms with Gasteiger partial charge in [-0.3, -0.25) is 4.31 Å². The summed E-state index contributed by atoms with van der Waals surface area (Å²) in [6.07, 6.45) is -0.471. The van der Waals surface area contributed by atoms with Crippen molar-refractivity contribution in [1.82, 2.24) is 0 Å². The van der Waals surface area contributed by atoms with Crippen molar-refractivity contribution in [1.29, 1.82) is 0 Å². The highest BCUT2D eigenvalue weighted by atomic mass is 32.2. The molecule has 3 aromatic rings. The lowest BCUT2D eigenvalue weighted by Gasteiger charge is -2.36. The van der Waals surface area contributed by atoms with Crippen molar-refractivity contribution in [3.8, 4) is 22.3 Å². The van der Waals surface area contributed by atoms with Gasteiger partial charge in [0.1, 0.15) is 17.3 Å². The van der Waals surface area contributed by atoms with E-state index in [1.54, 1.807) is 10.6 Å². The number of aldehydes is 1. The summed E-state index contributed by atoms with van der Waals surface area (Å²) in [5.41, 5.74) is 5.75. The largest absolute Gasteiger partial charge is 0.303 e. The van der Waals surface area contributed by atoms with E-state index in [0.717, 1.165) is 23.0 Å². The summed E-state index contributed by atoms with van der Waals surface area (Å²) in [7, 11) is -1.42. The van der Waals surface area contributed by atoms with E-state index in [2.05, 4.69) is 0 Å². The molecule has 0 aromatic heterocycles. The van der Waals surface area contributed by atoms with Crippen LogP contribution in [-0.4, -0.2) is 16.8 Å². The number of anilines is 1. The third kappa shape index (κ3) is 3.59. The highest BCUT2D eigenvalue weighted by Crippen LogP contribution is 2.51. The number of hydrogen-bond donors (Lipinski definition) is 0. The van der Waals surface area contributed by atoms with Crippen LogP contribution >= 0.6 is 0 Å². The number of carbonyl (C=O) groups is 1. The Morgan fingerprint density at radius 1 is 1.06 bits per heavy atom. The molecule has 0 bridgehead atoms. The smallest absolute Gasteiger partial charge is 0.265 e. The minimum Gasteiger partial charge on any atom is -0.303 e. The van der Waals surface area contributed by atoms with Crippen LogP contribution in [0.3, 0.4) is 0 Å². The minimum absolute atomic E-state index is 0.00782. The fourth-order valence-electron chi connectivity index (χ4n) is 4.48. The molecule has 1 aliphatic rings. The van der Waals surface area contributed by atoms with Gasteiger partial charge in [-0.2, -0.15) is 0 Å². The molecule has 3 nitrogen and oxygen atoms in total. The summed E-state index contributed by atoms with van der Waals surface area (Å²) in [4.78, 5) is 11.6. The maximum absolute atomic E-state index is 14.8.